The van der Waals surface area contributed by atoms with Crippen LogP contribution in [-0.2, 0) is 11.2 Å². The van der Waals surface area contributed by atoms with Gasteiger partial charge in [-0.15, -0.1) is 11.3 Å². The lowest BCUT2D eigenvalue weighted by Crippen LogP contribution is -2.37. The van der Waals surface area contributed by atoms with Crippen LogP contribution in [-0.4, -0.2) is 24.2 Å². The van der Waals surface area contributed by atoms with Crippen LogP contribution in [0.3, 0.4) is 0 Å². The van der Waals surface area contributed by atoms with E-state index in [9.17, 15) is 0 Å². The van der Waals surface area contributed by atoms with Gasteiger partial charge in [0.1, 0.15) is 0 Å². The topological polar surface area (TPSA) is 48.1 Å². The Kier molecular flexibility index (Phi) is 3.50. The largest absolute Gasteiger partial charge is 0.381 e. The number of rotatable bonds is 3. The Morgan fingerprint density at radius 2 is 2.64 bits per heavy atom. The predicted octanol–water partition coefficient (Wildman–Crippen LogP) is 1.44. The molecule has 2 N–H and O–H groups in total. The summed E-state index contributed by atoms with van der Waals surface area (Å²) >= 11 is 1.68. The van der Waals surface area contributed by atoms with Crippen molar-refractivity contribution in [3.05, 3.63) is 16.6 Å². The SMILES string of the molecule is NC(Cc1nccs1)C1CCCOC1. The molecular formula is C10H16N2OS. The van der Waals surface area contributed by atoms with Crippen LogP contribution in [0.4, 0.5) is 0 Å². The van der Waals surface area contributed by atoms with Crippen molar-refractivity contribution < 1.29 is 4.74 Å². The Morgan fingerprint density at radius 1 is 1.71 bits per heavy atom. The second kappa shape index (κ2) is 4.87. The highest BCUT2D eigenvalue weighted by atomic mass is 32.1. The fourth-order valence-electron chi connectivity index (χ4n) is 1.83. The quantitative estimate of drug-likeness (QED) is 0.824. The van der Waals surface area contributed by atoms with E-state index in [1.165, 1.54) is 6.42 Å². The van der Waals surface area contributed by atoms with Gasteiger partial charge in [0.15, 0.2) is 0 Å². The minimum Gasteiger partial charge on any atom is -0.381 e. The summed E-state index contributed by atoms with van der Waals surface area (Å²) in [6, 6.07) is 0.210. The summed E-state index contributed by atoms with van der Waals surface area (Å²) < 4.78 is 5.43. The van der Waals surface area contributed by atoms with E-state index >= 15 is 0 Å². The molecule has 14 heavy (non-hydrogen) atoms. The third kappa shape index (κ3) is 2.53. The fourth-order valence-corrected chi connectivity index (χ4v) is 2.51. The molecule has 2 rings (SSSR count). The molecule has 78 valence electrons. The van der Waals surface area contributed by atoms with Gasteiger partial charge in [-0.25, -0.2) is 4.98 Å². The highest BCUT2D eigenvalue weighted by Crippen LogP contribution is 2.19. The zero-order chi connectivity index (χ0) is 9.80. The third-order valence-electron chi connectivity index (χ3n) is 2.69. The van der Waals surface area contributed by atoms with Gasteiger partial charge in [-0.05, 0) is 18.8 Å². The molecule has 1 aliphatic heterocycles. The minimum atomic E-state index is 0.210. The molecule has 0 spiro atoms. The first kappa shape index (κ1) is 10.1. The van der Waals surface area contributed by atoms with Crippen LogP contribution < -0.4 is 5.73 Å². The fraction of sp³-hybridized carbons (Fsp3) is 0.700. The van der Waals surface area contributed by atoms with Gasteiger partial charge in [-0.3, -0.25) is 0 Å². The van der Waals surface area contributed by atoms with Gasteiger partial charge >= 0.3 is 0 Å². The molecule has 4 heteroatoms. The van der Waals surface area contributed by atoms with Crippen LogP contribution in [0.1, 0.15) is 17.8 Å². The van der Waals surface area contributed by atoms with Crippen molar-refractivity contribution in [2.45, 2.75) is 25.3 Å². The van der Waals surface area contributed by atoms with Crippen LogP contribution >= 0.6 is 11.3 Å². The molecule has 0 aromatic carbocycles. The van der Waals surface area contributed by atoms with Gasteiger partial charge in [-0.2, -0.15) is 0 Å². The predicted molar refractivity (Wildman–Crippen MR) is 57.3 cm³/mol. The second-order valence-electron chi connectivity index (χ2n) is 3.77. The zero-order valence-corrected chi connectivity index (χ0v) is 9.00. The first-order chi connectivity index (χ1) is 6.86. The molecule has 2 atom stereocenters. The van der Waals surface area contributed by atoms with E-state index in [1.807, 2.05) is 11.6 Å². The van der Waals surface area contributed by atoms with E-state index in [-0.39, 0.29) is 6.04 Å². The molecule has 1 saturated heterocycles. The lowest BCUT2D eigenvalue weighted by Gasteiger charge is -2.26. The van der Waals surface area contributed by atoms with Crippen LogP contribution in [0.2, 0.25) is 0 Å². The molecule has 1 fully saturated rings. The van der Waals surface area contributed by atoms with E-state index in [4.69, 9.17) is 10.5 Å². The lowest BCUT2D eigenvalue weighted by atomic mass is 9.92. The molecule has 1 aromatic rings. The van der Waals surface area contributed by atoms with Gasteiger partial charge in [-0.1, -0.05) is 0 Å². The zero-order valence-electron chi connectivity index (χ0n) is 8.19. The Balaban J connectivity index is 1.85. The van der Waals surface area contributed by atoms with Crippen molar-refractivity contribution in [3.8, 4) is 0 Å². The average molecular weight is 212 g/mol. The number of hydrogen-bond donors (Lipinski definition) is 1. The lowest BCUT2D eigenvalue weighted by molar-refractivity contribution is 0.0450. The van der Waals surface area contributed by atoms with E-state index in [0.29, 0.717) is 5.92 Å². The molecule has 1 aliphatic rings. The van der Waals surface area contributed by atoms with Gasteiger partial charge < -0.3 is 10.5 Å². The summed E-state index contributed by atoms with van der Waals surface area (Å²) in [6.07, 6.45) is 5.08. The first-order valence-electron chi connectivity index (χ1n) is 5.08. The maximum atomic E-state index is 6.13. The Morgan fingerprint density at radius 3 is 3.29 bits per heavy atom. The Hall–Kier alpha value is -0.450. The first-order valence-corrected chi connectivity index (χ1v) is 5.96. The number of hydrogen-bond acceptors (Lipinski definition) is 4. The minimum absolute atomic E-state index is 0.210. The number of nitrogens with two attached hydrogens (primary N) is 1. The molecule has 0 bridgehead atoms. The van der Waals surface area contributed by atoms with E-state index in [2.05, 4.69) is 4.98 Å². The number of ether oxygens (including phenoxy) is 1. The van der Waals surface area contributed by atoms with Crippen molar-refractivity contribution in [1.29, 1.82) is 0 Å². The number of nitrogens with zero attached hydrogens (tertiary/aromatic N) is 1. The summed E-state index contributed by atoms with van der Waals surface area (Å²) in [4.78, 5) is 4.25. The summed E-state index contributed by atoms with van der Waals surface area (Å²) in [5.74, 6) is 0.521. The summed E-state index contributed by atoms with van der Waals surface area (Å²) in [6.45, 7) is 1.73. The van der Waals surface area contributed by atoms with Crippen LogP contribution in [0.25, 0.3) is 0 Å². The summed E-state index contributed by atoms with van der Waals surface area (Å²) in [5.41, 5.74) is 6.13. The molecule has 2 unspecified atom stereocenters. The van der Waals surface area contributed by atoms with E-state index < -0.39 is 0 Å². The molecule has 3 nitrogen and oxygen atoms in total. The standard InChI is InChI=1S/C10H16N2OS/c11-9(6-10-12-3-5-14-10)8-2-1-4-13-7-8/h3,5,8-9H,1-2,4,6-7,11H2. The van der Waals surface area contributed by atoms with Crippen molar-refractivity contribution >= 4 is 11.3 Å². The van der Waals surface area contributed by atoms with Gasteiger partial charge in [0.2, 0.25) is 0 Å². The Bertz CT molecular complexity index is 257. The molecule has 1 aromatic heterocycles. The van der Waals surface area contributed by atoms with Gasteiger partial charge in [0.05, 0.1) is 11.6 Å². The van der Waals surface area contributed by atoms with Gasteiger partial charge in [0, 0.05) is 30.6 Å². The molecular weight excluding hydrogens is 196 g/mol. The van der Waals surface area contributed by atoms with Crippen molar-refractivity contribution in [2.75, 3.05) is 13.2 Å². The molecule has 2 heterocycles. The average Bonchev–Trinajstić information content (AvgIpc) is 2.72. The van der Waals surface area contributed by atoms with Crippen molar-refractivity contribution in [1.82, 2.24) is 4.98 Å². The summed E-state index contributed by atoms with van der Waals surface area (Å²) in [7, 11) is 0. The molecule has 0 saturated carbocycles. The van der Waals surface area contributed by atoms with Crippen LogP contribution in [0.15, 0.2) is 11.6 Å². The summed E-state index contributed by atoms with van der Waals surface area (Å²) in [5, 5.41) is 3.14. The molecule has 0 radical (unpaired) electrons. The van der Waals surface area contributed by atoms with Gasteiger partial charge in [0.25, 0.3) is 0 Å². The maximum Gasteiger partial charge on any atom is 0.0940 e. The Labute approximate surface area is 88.3 Å². The maximum absolute atomic E-state index is 6.13. The van der Waals surface area contributed by atoms with Crippen LogP contribution in [0, 0.1) is 5.92 Å². The highest BCUT2D eigenvalue weighted by Gasteiger charge is 2.21. The third-order valence-corrected chi connectivity index (χ3v) is 3.50. The highest BCUT2D eigenvalue weighted by molar-refractivity contribution is 7.09. The smallest absolute Gasteiger partial charge is 0.0940 e. The normalized spacial score (nSPS) is 24.8. The van der Waals surface area contributed by atoms with Crippen molar-refractivity contribution in [3.63, 3.8) is 0 Å². The molecule has 0 amide bonds. The molecule has 0 aliphatic carbocycles. The van der Waals surface area contributed by atoms with E-state index in [1.54, 1.807) is 11.3 Å². The van der Waals surface area contributed by atoms with Crippen LogP contribution in [0.5, 0.6) is 0 Å². The number of aromatic nitrogens is 1. The monoisotopic (exact) mass is 212 g/mol. The van der Waals surface area contributed by atoms with E-state index in [0.717, 1.165) is 31.1 Å². The second-order valence-corrected chi connectivity index (χ2v) is 4.75. The van der Waals surface area contributed by atoms with Crippen molar-refractivity contribution in [2.24, 2.45) is 11.7 Å². The number of thiazole rings is 1.